The number of hydrogen-bond acceptors (Lipinski definition) is 4. The predicted molar refractivity (Wildman–Crippen MR) is 36.7 cm³/mol. The highest BCUT2D eigenvalue weighted by Crippen LogP contribution is 2.32. The van der Waals surface area contributed by atoms with Gasteiger partial charge in [-0.3, -0.25) is 4.79 Å². The van der Waals surface area contributed by atoms with Crippen molar-refractivity contribution in [3.8, 4) is 0 Å². The van der Waals surface area contributed by atoms with Crippen molar-refractivity contribution in [2.45, 2.75) is 18.2 Å². The molecule has 0 aromatic heterocycles. The van der Waals surface area contributed by atoms with Gasteiger partial charge >= 0.3 is 12.1 Å². The number of esters is 1. The van der Waals surface area contributed by atoms with E-state index in [1.807, 2.05) is 0 Å². The van der Waals surface area contributed by atoms with Crippen molar-refractivity contribution in [2.75, 3.05) is 13.7 Å². The molecule has 0 rings (SSSR count). The summed E-state index contributed by atoms with van der Waals surface area (Å²) in [5, 5.41) is 8.91. The summed E-state index contributed by atoms with van der Waals surface area (Å²) in [6.07, 6.45) is -6.13. The highest BCUT2D eigenvalue weighted by molar-refractivity contribution is 5.70. The molecule has 13 heavy (non-hydrogen) atoms. The van der Waals surface area contributed by atoms with Gasteiger partial charge < -0.3 is 15.6 Å². The summed E-state index contributed by atoms with van der Waals surface area (Å²) in [5.74, 6) is -1.16. The summed E-state index contributed by atoms with van der Waals surface area (Å²) in [4.78, 5) is 10.5. The molecular formula is C6H10F3NO3. The topological polar surface area (TPSA) is 72.5 Å². The van der Waals surface area contributed by atoms with E-state index in [1.165, 1.54) is 0 Å². The first kappa shape index (κ1) is 12.2. The summed E-state index contributed by atoms with van der Waals surface area (Å²) in [6, 6.07) is 0. The lowest BCUT2D eigenvalue weighted by Crippen LogP contribution is -2.52. The Hall–Kier alpha value is -0.820. The van der Waals surface area contributed by atoms with Crippen molar-refractivity contribution >= 4 is 5.97 Å². The average molecular weight is 201 g/mol. The number of aliphatic hydroxyl groups is 1. The molecule has 1 atom stereocenters. The van der Waals surface area contributed by atoms with Crippen molar-refractivity contribution in [1.82, 2.24) is 0 Å². The quantitative estimate of drug-likeness (QED) is 0.620. The van der Waals surface area contributed by atoms with Crippen LogP contribution in [0.15, 0.2) is 0 Å². The second-order valence-corrected chi connectivity index (χ2v) is 2.49. The maximum absolute atomic E-state index is 12.1. The molecule has 0 radical (unpaired) electrons. The fraction of sp³-hybridized carbons (Fsp3) is 0.833. The molecule has 0 bridgehead atoms. The number of carbonyl (C=O) groups excluding carboxylic acids is 1. The Labute approximate surface area is 72.5 Å². The zero-order valence-electron chi connectivity index (χ0n) is 6.89. The van der Waals surface area contributed by atoms with E-state index in [-0.39, 0.29) is 0 Å². The van der Waals surface area contributed by atoms with Crippen LogP contribution in [-0.2, 0) is 9.53 Å². The van der Waals surface area contributed by atoms with Gasteiger partial charge in [0, 0.05) is 6.54 Å². The molecule has 0 saturated carbocycles. The number of ether oxygens (including phenoxy) is 1. The molecule has 0 heterocycles. The summed E-state index contributed by atoms with van der Waals surface area (Å²) < 4.78 is 40.2. The van der Waals surface area contributed by atoms with E-state index < -0.39 is 30.7 Å². The van der Waals surface area contributed by atoms with Gasteiger partial charge in [0.15, 0.2) is 5.60 Å². The maximum Gasteiger partial charge on any atom is 0.419 e. The van der Waals surface area contributed by atoms with Crippen LogP contribution in [0.2, 0.25) is 0 Å². The van der Waals surface area contributed by atoms with Gasteiger partial charge in [-0.15, -0.1) is 0 Å². The Morgan fingerprint density at radius 3 is 2.23 bits per heavy atom. The number of halogens is 3. The summed E-state index contributed by atoms with van der Waals surface area (Å²) in [6.45, 7) is -1.08. The van der Waals surface area contributed by atoms with Crippen LogP contribution in [0.3, 0.4) is 0 Å². The van der Waals surface area contributed by atoms with E-state index in [4.69, 9.17) is 10.8 Å². The molecule has 0 fully saturated rings. The van der Waals surface area contributed by atoms with Gasteiger partial charge in [-0.2, -0.15) is 13.2 Å². The molecule has 1 unspecified atom stereocenters. The van der Waals surface area contributed by atoms with E-state index in [0.717, 1.165) is 7.11 Å². The van der Waals surface area contributed by atoms with E-state index in [2.05, 4.69) is 4.74 Å². The van der Waals surface area contributed by atoms with E-state index in [0.29, 0.717) is 0 Å². The Kier molecular flexibility index (Phi) is 3.68. The van der Waals surface area contributed by atoms with Crippen molar-refractivity contribution < 1.29 is 27.8 Å². The molecular weight excluding hydrogens is 191 g/mol. The van der Waals surface area contributed by atoms with Crippen LogP contribution in [0, 0.1) is 0 Å². The van der Waals surface area contributed by atoms with E-state index in [9.17, 15) is 18.0 Å². The normalized spacial score (nSPS) is 16.5. The number of nitrogens with two attached hydrogens (primary N) is 1. The van der Waals surface area contributed by atoms with Crippen LogP contribution in [0.25, 0.3) is 0 Å². The minimum Gasteiger partial charge on any atom is -0.469 e. The molecule has 0 spiro atoms. The molecule has 0 aliphatic heterocycles. The fourth-order valence-electron chi connectivity index (χ4n) is 0.599. The minimum atomic E-state index is -4.93. The maximum atomic E-state index is 12.1. The predicted octanol–water partition coefficient (Wildman–Crippen LogP) is -0.198. The third-order valence-corrected chi connectivity index (χ3v) is 1.53. The van der Waals surface area contributed by atoms with Crippen LogP contribution < -0.4 is 5.73 Å². The second-order valence-electron chi connectivity index (χ2n) is 2.49. The number of carbonyl (C=O) groups is 1. The molecule has 0 aliphatic rings. The van der Waals surface area contributed by atoms with Gasteiger partial charge in [0.05, 0.1) is 13.5 Å². The molecule has 0 saturated heterocycles. The molecule has 4 nitrogen and oxygen atoms in total. The van der Waals surface area contributed by atoms with Crippen LogP contribution >= 0.6 is 0 Å². The van der Waals surface area contributed by atoms with Gasteiger partial charge in [0.1, 0.15) is 0 Å². The van der Waals surface area contributed by atoms with Gasteiger partial charge in [0.2, 0.25) is 0 Å². The third kappa shape index (κ3) is 2.85. The third-order valence-electron chi connectivity index (χ3n) is 1.53. The summed E-state index contributed by atoms with van der Waals surface area (Å²) in [5.41, 5.74) is 1.52. The standard InChI is InChI=1S/C6H10F3NO3/c1-13-4(11)2-5(12,3-10)6(7,8)9/h12H,2-3,10H2,1H3. The molecule has 78 valence electrons. The summed E-state index contributed by atoms with van der Waals surface area (Å²) >= 11 is 0. The molecule has 0 aromatic carbocycles. The van der Waals surface area contributed by atoms with Crippen LogP contribution in [0.1, 0.15) is 6.42 Å². The fourth-order valence-corrected chi connectivity index (χ4v) is 0.599. The zero-order chi connectivity index (χ0) is 10.7. The Morgan fingerprint density at radius 1 is 1.54 bits per heavy atom. The highest BCUT2D eigenvalue weighted by atomic mass is 19.4. The average Bonchev–Trinajstić information content (AvgIpc) is 2.02. The van der Waals surface area contributed by atoms with Gasteiger partial charge in [-0.25, -0.2) is 0 Å². The van der Waals surface area contributed by atoms with Gasteiger partial charge in [0.25, 0.3) is 0 Å². The first-order valence-corrected chi connectivity index (χ1v) is 3.33. The van der Waals surface area contributed by atoms with Crippen molar-refractivity contribution in [1.29, 1.82) is 0 Å². The molecule has 0 aromatic rings. The van der Waals surface area contributed by atoms with Gasteiger partial charge in [-0.05, 0) is 0 Å². The van der Waals surface area contributed by atoms with E-state index >= 15 is 0 Å². The van der Waals surface area contributed by atoms with Crippen molar-refractivity contribution in [2.24, 2.45) is 5.73 Å². The molecule has 7 heteroatoms. The lowest BCUT2D eigenvalue weighted by molar-refractivity contribution is -0.258. The number of alkyl halides is 3. The smallest absolute Gasteiger partial charge is 0.419 e. The van der Waals surface area contributed by atoms with Crippen molar-refractivity contribution in [3.05, 3.63) is 0 Å². The van der Waals surface area contributed by atoms with Crippen LogP contribution in [0.4, 0.5) is 13.2 Å². The van der Waals surface area contributed by atoms with Crippen LogP contribution in [-0.4, -0.2) is 36.5 Å². The SMILES string of the molecule is COC(=O)CC(O)(CN)C(F)(F)F. The minimum absolute atomic E-state index is 0.926. The number of methoxy groups -OCH3 is 1. The lowest BCUT2D eigenvalue weighted by Gasteiger charge is -2.27. The first-order valence-electron chi connectivity index (χ1n) is 3.33. The Balaban J connectivity index is 4.56. The zero-order valence-corrected chi connectivity index (χ0v) is 6.89. The highest BCUT2D eigenvalue weighted by Gasteiger charge is 2.54. The van der Waals surface area contributed by atoms with Crippen molar-refractivity contribution in [3.63, 3.8) is 0 Å². The monoisotopic (exact) mass is 201 g/mol. The molecule has 0 aliphatic carbocycles. The largest absolute Gasteiger partial charge is 0.469 e. The van der Waals surface area contributed by atoms with Gasteiger partial charge in [-0.1, -0.05) is 0 Å². The summed E-state index contributed by atoms with van der Waals surface area (Å²) in [7, 11) is 0.926. The Morgan fingerprint density at radius 2 is 2.00 bits per heavy atom. The van der Waals surface area contributed by atoms with Crippen LogP contribution in [0.5, 0.6) is 0 Å². The van der Waals surface area contributed by atoms with E-state index in [1.54, 1.807) is 0 Å². The first-order chi connectivity index (χ1) is 5.77. The Bertz CT molecular complexity index is 194. The second kappa shape index (κ2) is 3.93. The number of rotatable bonds is 3. The number of hydrogen-bond donors (Lipinski definition) is 2. The molecule has 3 N–H and O–H groups in total. The lowest BCUT2D eigenvalue weighted by atomic mass is 9.99. The molecule has 0 amide bonds.